The maximum atomic E-state index is 11.9. The van der Waals surface area contributed by atoms with Gasteiger partial charge in [0.05, 0.1) is 11.1 Å². The van der Waals surface area contributed by atoms with E-state index < -0.39 is 6.04 Å². The van der Waals surface area contributed by atoms with Crippen molar-refractivity contribution in [3.63, 3.8) is 0 Å². The highest BCUT2D eigenvalue weighted by molar-refractivity contribution is 6.01. The maximum absolute atomic E-state index is 11.9. The Morgan fingerprint density at radius 2 is 2.00 bits per heavy atom. The van der Waals surface area contributed by atoms with E-state index in [1.165, 1.54) is 6.92 Å². The van der Waals surface area contributed by atoms with E-state index in [1.807, 2.05) is 35.2 Å². The number of rotatable bonds is 4. The van der Waals surface area contributed by atoms with Gasteiger partial charge in [0.2, 0.25) is 5.91 Å². The molecule has 3 aromatic rings. The van der Waals surface area contributed by atoms with Gasteiger partial charge in [0.15, 0.2) is 11.6 Å². The van der Waals surface area contributed by atoms with Crippen molar-refractivity contribution in [2.75, 3.05) is 11.4 Å². The number of nitrogens with two attached hydrogens (primary N) is 1. The van der Waals surface area contributed by atoms with Gasteiger partial charge in [0, 0.05) is 19.0 Å². The average molecular weight is 349 g/mol. The molecular weight excluding hydrogens is 330 g/mol. The van der Waals surface area contributed by atoms with Crippen molar-refractivity contribution in [1.82, 2.24) is 15.0 Å². The van der Waals surface area contributed by atoms with Crippen LogP contribution in [0.4, 0.5) is 5.82 Å². The Hall–Kier alpha value is -3.22. The average Bonchev–Trinajstić information content (AvgIpc) is 3.28. The molecule has 26 heavy (non-hydrogen) atoms. The monoisotopic (exact) mass is 349 g/mol. The third-order valence-electron chi connectivity index (χ3n) is 4.73. The van der Waals surface area contributed by atoms with Crippen LogP contribution in [-0.4, -0.2) is 39.2 Å². The van der Waals surface area contributed by atoms with E-state index >= 15 is 0 Å². The molecule has 1 atom stereocenters. The molecule has 1 amide bonds. The number of hydrogen-bond acceptors (Lipinski definition) is 5. The second kappa shape index (κ2) is 6.25. The minimum Gasteiger partial charge on any atom is -0.368 e. The van der Waals surface area contributed by atoms with Crippen molar-refractivity contribution in [2.24, 2.45) is 5.73 Å². The lowest BCUT2D eigenvalue weighted by Gasteiger charge is -2.24. The Bertz CT molecular complexity index is 996. The summed E-state index contributed by atoms with van der Waals surface area (Å²) in [5.74, 6) is 0.736. The SMILES string of the molecule is CC(=O)c1cc2c(N3CCC[C@H]3C(N)=O)nc(-c3ccccc3)nc2[nH]1. The lowest BCUT2D eigenvalue weighted by atomic mass is 10.2. The smallest absolute Gasteiger partial charge is 0.240 e. The van der Waals surface area contributed by atoms with Gasteiger partial charge in [-0.2, -0.15) is 0 Å². The number of ketones is 1. The van der Waals surface area contributed by atoms with Crippen molar-refractivity contribution in [3.8, 4) is 11.4 Å². The third kappa shape index (κ3) is 2.71. The zero-order valence-corrected chi connectivity index (χ0v) is 14.4. The molecule has 132 valence electrons. The third-order valence-corrected chi connectivity index (χ3v) is 4.73. The van der Waals surface area contributed by atoms with Crippen LogP contribution in [0.3, 0.4) is 0 Å². The summed E-state index contributed by atoms with van der Waals surface area (Å²) in [5.41, 5.74) is 7.50. The zero-order valence-electron chi connectivity index (χ0n) is 14.4. The van der Waals surface area contributed by atoms with Crippen LogP contribution in [0.25, 0.3) is 22.4 Å². The number of nitrogens with zero attached hydrogens (tertiary/aromatic N) is 3. The molecule has 0 radical (unpaired) electrons. The number of aromatic amines is 1. The number of fused-ring (bicyclic) bond motifs is 1. The Morgan fingerprint density at radius 3 is 2.69 bits per heavy atom. The Morgan fingerprint density at radius 1 is 1.23 bits per heavy atom. The number of H-pyrrole nitrogens is 1. The number of Topliss-reactive ketones (excluding diaryl/α,β-unsaturated/α-hetero) is 1. The number of benzene rings is 1. The van der Waals surface area contributed by atoms with Crippen LogP contribution in [-0.2, 0) is 4.79 Å². The molecule has 0 aliphatic carbocycles. The Balaban J connectivity index is 1.94. The Labute approximate surface area is 150 Å². The van der Waals surface area contributed by atoms with Crippen LogP contribution < -0.4 is 10.6 Å². The van der Waals surface area contributed by atoms with E-state index in [0.717, 1.165) is 17.4 Å². The molecule has 0 unspecified atom stereocenters. The van der Waals surface area contributed by atoms with Gasteiger partial charge in [-0.1, -0.05) is 30.3 Å². The van der Waals surface area contributed by atoms with E-state index in [-0.39, 0.29) is 11.7 Å². The number of nitrogens with one attached hydrogen (secondary N) is 1. The number of carbonyl (C=O) groups excluding carboxylic acids is 2. The molecule has 1 aliphatic heterocycles. The summed E-state index contributed by atoms with van der Waals surface area (Å²) >= 11 is 0. The molecule has 4 rings (SSSR count). The summed E-state index contributed by atoms with van der Waals surface area (Å²) in [7, 11) is 0. The van der Waals surface area contributed by atoms with Crippen molar-refractivity contribution < 1.29 is 9.59 Å². The van der Waals surface area contributed by atoms with Crippen molar-refractivity contribution in [3.05, 3.63) is 42.1 Å². The van der Waals surface area contributed by atoms with Crippen LogP contribution in [0, 0.1) is 0 Å². The van der Waals surface area contributed by atoms with E-state index in [1.54, 1.807) is 6.07 Å². The van der Waals surface area contributed by atoms with E-state index in [2.05, 4.69) is 9.97 Å². The van der Waals surface area contributed by atoms with Gasteiger partial charge in [0.25, 0.3) is 0 Å². The van der Waals surface area contributed by atoms with Gasteiger partial charge in [-0.3, -0.25) is 9.59 Å². The highest BCUT2D eigenvalue weighted by Crippen LogP contribution is 2.32. The van der Waals surface area contributed by atoms with Crippen molar-refractivity contribution in [1.29, 1.82) is 0 Å². The molecule has 0 spiro atoms. The first-order valence-corrected chi connectivity index (χ1v) is 8.57. The molecule has 7 heteroatoms. The minimum atomic E-state index is -0.396. The fourth-order valence-corrected chi connectivity index (χ4v) is 3.43. The molecule has 1 aromatic carbocycles. The second-order valence-electron chi connectivity index (χ2n) is 6.49. The topological polar surface area (TPSA) is 105 Å². The summed E-state index contributed by atoms with van der Waals surface area (Å²) in [6.07, 6.45) is 1.56. The largest absolute Gasteiger partial charge is 0.368 e. The summed E-state index contributed by atoms with van der Waals surface area (Å²) in [6, 6.07) is 11.0. The molecule has 1 aliphatic rings. The fourth-order valence-electron chi connectivity index (χ4n) is 3.43. The number of anilines is 1. The van der Waals surface area contributed by atoms with Gasteiger partial charge in [0.1, 0.15) is 17.5 Å². The first-order valence-electron chi connectivity index (χ1n) is 8.57. The van der Waals surface area contributed by atoms with Crippen LogP contribution >= 0.6 is 0 Å². The van der Waals surface area contributed by atoms with E-state index in [4.69, 9.17) is 10.7 Å². The van der Waals surface area contributed by atoms with E-state index in [9.17, 15) is 9.59 Å². The van der Waals surface area contributed by atoms with Gasteiger partial charge in [-0.25, -0.2) is 9.97 Å². The molecular formula is C19H19N5O2. The maximum Gasteiger partial charge on any atom is 0.240 e. The molecule has 1 fully saturated rings. The normalized spacial score (nSPS) is 17.0. The Kier molecular flexibility index (Phi) is 3.91. The van der Waals surface area contributed by atoms with Crippen LogP contribution in [0.1, 0.15) is 30.3 Å². The number of amides is 1. The number of hydrogen-bond donors (Lipinski definition) is 2. The highest BCUT2D eigenvalue weighted by atomic mass is 16.1. The molecule has 3 N–H and O–H groups in total. The van der Waals surface area contributed by atoms with E-state index in [0.29, 0.717) is 35.9 Å². The van der Waals surface area contributed by atoms with Crippen molar-refractivity contribution >= 4 is 28.5 Å². The molecule has 3 heterocycles. The van der Waals surface area contributed by atoms with Crippen LogP contribution in [0.5, 0.6) is 0 Å². The lowest BCUT2D eigenvalue weighted by Crippen LogP contribution is -2.40. The quantitative estimate of drug-likeness (QED) is 0.703. The summed E-state index contributed by atoms with van der Waals surface area (Å²) in [5, 5.41) is 0.725. The van der Waals surface area contributed by atoms with Gasteiger partial charge in [-0.15, -0.1) is 0 Å². The second-order valence-corrected chi connectivity index (χ2v) is 6.49. The molecule has 2 aromatic heterocycles. The molecule has 1 saturated heterocycles. The zero-order chi connectivity index (χ0) is 18.3. The van der Waals surface area contributed by atoms with Gasteiger partial charge < -0.3 is 15.6 Å². The van der Waals surface area contributed by atoms with Crippen LogP contribution in [0.15, 0.2) is 36.4 Å². The summed E-state index contributed by atoms with van der Waals surface area (Å²) in [4.78, 5) is 38.0. The van der Waals surface area contributed by atoms with Crippen LogP contribution in [0.2, 0.25) is 0 Å². The van der Waals surface area contributed by atoms with Gasteiger partial charge in [-0.05, 0) is 18.9 Å². The van der Waals surface area contributed by atoms with Gasteiger partial charge >= 0.3 is 0 Å². The highest BCUT2D eigenvalue weighted by Gasteiger charge is 2.32. The molecule has 7 nitrogen and oxygen atoms in total. The number of primary amides is 1. The minimum absolute atomic E-state index is 0.0805. The predicted molar refractivity (Wildman–Crippen MR) is 98.9 cm³/mol. The first kappa shape index (κ1) is 16.3. The van der Waals surface area contributed by atoms with Crippen molar-refractivity contribution in [2.45, 2.75) is 25.8 Å². The molecule has 0 saturated carbocycles. The lowest BCUT2D eigenvalue weighted by molar-refractivity contribution is -0.119. The number of aromatic nitrogens is 3. The first-order chi connectivity index (χ1) is 12.5. The summed E-state index contributed by atoms with van der Waals surface area (Å²) in [6.45, 7) is 2.19. The standard InChI is InChI=1S/C19H19N5O2/c1-11(25)14-10-13-18(21-14)22-17(12-6-3-2-4-7-12)23-19(13)24-9-5-8-15(24)16(20)26/h2-4,6-7,10,15H,5,8-9H2,1H3,(H2,20,26)(H,21,22,23)/t15-/m0/s1. The summed E-state index contributed by atoms with van der Waals surface area (Å²) < 4.78 is 0. The fraction of sp³-hybridized carbons (Fsp3) is 0.263. The predicted octanol–water partition coefficient (Wildman–Crippen LogP) is 2.28. The molecule has 0 bridgehead atoms. The number of carbonyl (C=O) groups is 2.